The highest BCUT2D eigenvalue weighted by Gasteiger charge is 2.26. The molecule has 2 unspecified atom stereocenters. The highest BCUT2D eigenvalue weighted by atomic mass is 35.5. The Bertz CT molecular complexity index is 175. The first-order chi connectivity index (χ1) is 5.65. The number of halogens is 1. The molecule has 0 spiro atoms. The second-order valence-electron chi connectivity index (χ2n) is 3.35. The van der Waals surface area contributed by atoms with Crippen molar-refractivity contribution in [2.24, 2.45) is 5.73 Å². The molecule has 13 heavy (non-hydrogen) atoms. The van der Waals surface area contributed by atoms with Crippen LogP contribution in [0.3, 0.4) is 0 Å². The second-order valence-corrected chi connectivity index (χ2v) is 3.35. The zero-order valence-electron chi connectivity index (χ0n) is 8.12. The smallest absolute Gasteiger partial charge is 0.239 e. The van der Waals surface area contributed by atoms with E-state index in [0.717, 1.165) is 19.5 Å². The van der Waals surface area contributed by atoms with Crippen molar-refractivity contribution in [3.8, 4) is 0 Å². The van der Waals surface area contributed by atoms with Crippen LogP contribution in [0.25, 0.3) is 0 Å². The highest BCUT2D eigenvalue weighted by molar-refractivity contribution is 5.85. The summed E-state index contributed by atoms with van der Waals surface area (Å²) in [6, 6.07) is 0.0910. The summed E-state index contributed by atoms with van der Waals surface area (Å²) in [5, 5.41) is 3.15. The third-order valence-corrected chi connectivity index (χ3v) is 2.30. The lowest BCUT2D eigenvalue weighted by Crippen LogP contribution is -2.42. The summed E-state index contributed by atoms with van der Waals surface area (Å²) in [5.74, 6) is 0.0627. The van der Waals surface area contributed by atoms with Gasteiger partial charge in [-0.05, 0) is 20.4 Å². The van der Waals surface area contributed by atoms with E-state index in [1.54, 1.807) is 6.92 Å². The van der Waals surface area contributed by atoms with Gasteiger partial charge in [-0.3, -0.25) is 4.79 Å². The molecule has 0 aromatic heterocycles. The number of hydrogen-bond acceptors (Lipinski definition) is 3. The summed E-state index contributed by atoms with van der Waals surface area (Å²) in [5.41, 5.74) is 5.49. The fourth-order valence-corrected chi connectivity index (χ4v) is 1.48. The van der Waals surface area contributed by atoms with E-state index in [2.05, 4.69) is 5.32 Å². The topological polar surface area (TPSA) is 58.4 Å². The largest absolute Gasteiger partial charge is 0.340 e. The van der Waals surface area contributed by atoms with Gasteiger partial charge in [-0.2, -0.15) is 0 Å². The molecule has 0 aliphatic carbocycles. The zero-order chi connectivity index (χ0) is 9.14. The number of hydrogen-bond donors (Lipinski definition) is 2. The van der Waals surface area contributed by atoms with Crippen molar-refractivity contribution in [1.82, 2.24) is 10.2 Å². The van der Waals surface area contributed by atoms with Gasteiger partial charge < -0.3 is 16.0 Å². The predicted molar refractivity (Wildman–Crippen MR) is 54.9 cm³/mol. The fourth-order valence-electron chi connectivity index (χ4n) is 1.48. The minimum atomic E-state index is -0.361. The molecule has 0 saturated carbocycles. The molecule has 0 bridgehead atoms. The Morgan fingerprint density at radius 3 is 2.69 bits per heavy atom. The molecule has 0 radical (unpaired) electrons. The molecule has 4 nitrogen and oxygen atoms in total. The first-order valence-corrected chi connectivity index (χ1v) is 4.36. The van der Waals surface area contributed by atoms with Crippen molar-refractivity contribution in [3.63, 3.8) is 0 Å². The summed E-state index contributed by atoms with van der Waals surface area (Å²) < 4.78 is 0. The van der Waals surface area contributed by atoms with Crippen molar-refractivity contribution in [1.29, 1.82) is 0 Å². The molecule has 5 heteroatoms. The summed E-state index contributed by atoms with van der Waals surface area (Å²) in [7, 11) is 1.92. The van der Waals surface area contributed by atoms with Gasteiger partial charge >= 0.3 is 0 Å². The molecule has 0 aromatic rings. The van der Waals surface area contributed by atoms with Gasteiger partial charge in [0.2, 0.25) is 5.91 Å². The van der Waals surface area contributed by atoms with Gasteiger partial charge in [0.05, 0.1) is 6.04 Å². The van der Waals surface area contributed by atoms with E-state index in [-0.39, 0.29) is 24.4 Å². The van der Waals surface area contributed by atoms with E-state index in [1.165, 1.54) is 0 Å². The zero-order valence-corrected chi connectivity index (χ0v) is 8.93. The van der Waals surface area contributed by atoms with Crippen LogP contribution in [0.5, 0.6) is 0 Å². The summed E-state index contributed by atoms with van der Waals surface area (Å²) in [6.07, 6.45) is 1.04. The van der Waals surface area contributed by atoms with Crippen LogP contribution in [-0.4, -0.2) is 43.0 Å². The van der Waals surface area contributed by atoms with Crippen LogP contribution in [0.2, 0.25) is 0 Å². The van der Waals surface area contributed by atoms with Crippen molar-refractivity contribution in [2.45, 2.75) is 25.4 Å². The number of carbonyl (C=O) groups excluding carboxylic acids is 1. The van der Waals surface area contributed by atoms with Crippen LogP contribution < -0.4 is 11.1 Å². The lowest BCUT2D eigenvalue weighted by molar-refractivity contribution is -0.131. The average Bonchev–Trinajstić information content (AvgIpc) is 2.50. The third kappa shape index (κ3) is 3.14. The first kappa shape index (κ1) is 12.7. The molecule has 1 aliphatic heterocycles. The molecule has 1 heterocycles. The van der Waals surface area contributed by atoms with Gasteiger partial charge in [-0.15, -0.1) is 12.4 Å². The molecule has 1 aliphatic rings. The van der Waals surface area contributed by atoms with Crippen LogP contribution >= 0.6 is 12.4 Å². The highest BCUT2D eigenvalue weighted by Crippen LogP contribution is 2.09. The number of rotatable bonds is 2. The second kappa shape index (κ2) is 5.42. The molecule has 78 valence electrons. The Morgan fingerprint density at radius 1 is 1.69 bits per heavy atom. The molecule has 1 amide bonds. The van der Waals surface area contributed by atoms with Gasteiger partial charge in [-0.25, -0.2) is 0 Å². The number of nitrogens with one attached hydrogen (secondary N) is 1. The monoisotopic (exact) mass is 207 g/mol. The maximum atomic E-state index is 11.4. The lowest BCUT2D eigenvalue weighted by Gasteiger charge is -2.18. The van der Waals surface area contributed by atoms with Gasteiger partial charge in [0.25, 0.3) is 0 Å². The van der Waals surface area contributed by atoms with E-state index in [0.29, 0.717) is 6.04 Å². The summed E-state index contributed by atoms with van der Waals surface area (Å²) in [6.45, 7) is 3.37. The van der Waals surface area contributed by atoms with E-state index < -0.39 is 0 Å². The molecular formula is C8H18ClN3O. The van der Waals surface area contributed by atoms with E-state index >= 15 is 0 Å². The average molecular weight is 208 g/mol. The summed E-state index contributed by atoms with van der Waals surface area (Å²) >= 11 is 0. The van der Waals surface area contributed by atoms with E-state index in [9.17, 15) is 4.79 Å². The summed E-state index contributed by atoms with van der Waals surface area (Å²) in [4.78, 5) is 13.2. The van der Waals surface area contributed by atoms with Crippen LogP contribution in [0.4, 0.5) is 0 Å². The number of likely N-dealkylation sites (N-methyl/N-ethyl adjacent to an activating group) is 1. The normalized spacial score (nSPS) is 23.9. The Labute approximate surface area is 85.3 Å². The minimum Gasteiger partial charge on any atom is -0.340 e. The van der Waals surface area contributed by atoms with Crippen LogP contribution in [0, 0.1) is 0 Å². The lowest BCUT2D eigenvalue weighted by atomic mass is 10.3. The molecular weight excluding hydrogens is 190 g/mol. The Balaban J connectivity index is 0.00000144. The number of carbonyl (C=O) groups is 1. The number of likely N-dealkylation sites (tertiary alicyclic amines) is 1. The van der Waals surface area contributed by atoms with Crippen molar-refractivity contribution < 1.29 is 4.79 Å². The van der Waals surface area contributed by atoms with Crippen LogP contribution in [0.15, 0.2) is 0 Å². The standard InChI is InChI=1S/C8H17N3O.ClH/c1-6(9)8(12)11-4-3-7(5-11)10-2;/h6-7,10H,3-5,9H2,1-2H3;1H. The quantitative estimate of drug-likeness (QED) is 0.647. The van der Waals surface area contributed by atoms with Gasteiger partial charge in [-0.1, -0.05) is 0 Å². The molecule has 1 rings (SSSR count). The molecule has 2 atom stereocenters. The molecule has 3 N–H and O–H groups in total. The number of nitrogens with two attached hydrogens (primary N) is 1. The maximum absolute atomic E-state index is 11.4. The molecule has 0 aromatic carbocycles. The maximum Gasteiger partial charge on any atom is 0.239 e. The number of amides is 1. The van der Waals surface area contributed by atoms with E-state index in [1.807, 2.05) is 11.9 Å². The van der Waals surface area contributed by atoms with Crippen molar-refractivity contribution in [3.05, 3.63) is 0 Å². The van der Waals surface area contributed by atoms with E-state index in [4.69, 9.17) is 5.73 Å². The van der Waals surface area contributed by atoms with Gasteiger partial charge in [0.1, 0.15) is 0 Å². The Morgan fingerprint density at radius 2 is 2.31 bits per heavy atom. The minimum absolute atomic E-state index is 0. The van der Waals surface area contributed by atoms with Crippen LogP contribution in [-0.2, 0) is 4.79 Å². The van der Waals surface area contributed by atoms with Gasteiger partial charge in [0, 0.05) is 19.1 Å². The third-order valence-electron chi connectivity index (χ3n) is 2.30. The molecule has 1 saturated heterocycles. The molecule has 1 fully saturated rings. The SMILES string of the molecule is CNC1CCN(C(=O)C(C)N)C1.Cl. The first-order valence-electron chi connectivity index (χ1n) is 4.36. The number of nitrogens with zero attached hydrogens (tertiary/aromatic N) is 1. The van der Waals surface area contributed by atoms with Crippen molar-refractivity contribution >= 4 is 18.3 Å². The van der Waals surface area contributed by atoms with Crippen molar-refractivity contribution in [2.75, 3.05) is 20.1 Å². The fraction of sp³-hybridized carbons (Fsp3) is 0.875. The predicted octanol–water partition coefficient (Wildman–Crippen LogP) is -0.424. The van der Waals surface area contributed by atoms with Crippen LogP contribution in [0.1, 0.15) is 13.3 Å². The Kier molecular flexibility index (Phi) is 5.29. The Hall–Kier alpha value is -0.320. The van der Waals surface area contributed by atoms with Gasteiger partial charge in [0.15, 0.2) is 0 Å².